The highest BCUT2D eigenvalue weighted by atomic mass is 32.2. The van der Waals surface area contributed by atoms with Gasteiger partial charge in [0.1, 0.15) is 0 Å². The standard InChI is InChI=1S/C15H29NO2S/c1-2-3-4-13-5-8-15(12-16,9-6-13)14-7-10-19(17,18)11-14/h13-14H,2-12,16H2,1H3. The SMILES string of the molecule is CCCCC1CCC(CN)(C2CCS(=O)(=O)C2)CC1. The summed E-state index contributed by atoms with van der Waals surface area (Å²) < 4.78 is 23.4. The molecule has 1 heterocycles. The van der Waals surface area contributed by atoms with E-state index < -0.39 is 9.84 Å². The third-order valence-electron chi connectivity index (χ3n) is 5.57. The lowest BCUT2D eigenvalue weighted by atomic mass is 9.63. The molecule has 2 aliphatic rings. The molecule has 0 bridgehead atoms. The molecule has 1 atom stereocenters. The average Bonchev–Trinajstić information content (AvgIpc) is 2.78. The second kappa shape index (κ2) is 6.13. The molecule has 0 aromatic rings. The Bertz CT molecular complexity index is 383. The third-order valence-corrected chi connectivity index (χ3v) is 7.34. The fourth-order valence-corrected chi connectivity index (χ4v) is 6.03. The fourth-order valence-electron chi connectivity index (χ4n) is 4.09. The Morgan fingerprint density at radius 2 is 1.89 bits per heavy atom. The van der Waals surface area contributed by atoms with Crippen LogP contribution in [-0.2, 0) is 9.84 Å². The Balaban J connectivity index is 1.95. The molecule has 2 N–H and O–H groups in total. The van der Waals surface area contributed by atoms with Crippen LogP contribution in [0.15, 0.2) is 0 Å². The molecular formula is C15H29NO2S. The summed E-state index contributed by atoms with van der Waals surface area (Å²) in [5.41, 5.74) is 6.19. The molecule has 0 spiro atoms. The summed E-state index contributed by atoms with van der Waals surface area (Å²) in [7, 11) is -2.78. The molecule has 0 amide bonds. The summed E-state index contributed by atoms with van der Waals surface area (Å²) >= 11 is 0. The Labute approximate surface area is 118 Å². The Morgan fingerprint density at radius 3 is 2.37 bits per heavy atom. The minimum Gasteiger partial charge on any atom is -0.330 e. The number of hydrogen-bond donors (Lipinski definition) is 1. The highest BCUT2D eigenvalue weighted by molar-refractivity contribution is 7.91. The maximum absolute atomic E-state index is 11.7. The lowest BCUT2D eigenvalue weighted by molar-refractivity contribution is 0.0903. The summed E-state index contributed by atoms with van der Waals surface area (Å²) in [5, 5.41) is 0. The normalized spacial score (nSPS) is 38.4. The number of unbranched alkanes of at least 4 members (excludes halogenated alkanes) is 1. The van der Waals surface area contributed by atoms with E-state index in [0.717, 1.165) is 25.2 Å². The van der Waals surface area contributed by atoms with Crippen molar-refractivity contribution in [1.82, 2.24) is 0 Å². The van der Waals surface area contributed by atoms with Gasteiger partial charge in [-0.15, -0.1) is 0 Å². The van der Waals surface area contributed by atoms with Gasteiger partial charge < -0.3 is 5.73 Å². The van der Waals surface area contributed by atoms with Gasteiger partial charge in [-0.25, -0.2) is 8.42 Å². The van der Waals surface area contributed by atoms with Gasteiger partial charge in [0.25, 0.3) is 0 Å². The van der Waals surface area contributed by atoms with Crippen LogP contribution in [0, 0.1) is 17.3 Å². The fraction of sp³-hybridized carbons (Fsp3) is 1.00. The van der Waals surface area contributed by atoms with E-state index in [4.69, 9.17) is 5.73 Å². The largest absolute Gasteiger partial charge is 0.330 e. The molecule has 3 nitrogen and oxygen atoms in total. The molecule has 1 saturated heterocycles. The van der Waals surface area contributed by atoms with Gasteiger partial charge in [0.05, 0.1) is 11.5 Å². The maximum atomic E-state index is 11.7. The van der Waals surface area contributed by atoms with Gasteiger partial charge in [-0.05, 0) is 55.9 Å². The second-order valence-electron chi connectivity index (χ2n) is 6.75. The van der Waals surface area contributed by atoms with Crippen LogP contribution in [0.4, 0.5) is 0 Å². The van der Waals surface area contributed by atoms with Crippen molar-refractivity contribution < 1.29 is 8.42 Å². The van der Waals surface area contributed by atoms with E-state index in [0.29, 0.717) is 24.0 Å². The minimum absolute atomic E-state index is 0.131. The second-order valence-corrected chi connectivity index (χ2v) is 8.98. The van der Waals surface area contributed by atoms with Crippen LogP contribution in [0.3, 0.4) is 0 Å². The van der Waals surface area contributed by atoms with Crippen LogP contribution < -0.4 is 5.73 Å². The van der Waals surface area contributed by atoms with Crippen molar-refractivity contribution in [3.63, 3.8) is 0 Å². The van der Waals surface area contributed by atoms with Crippen LogP contribution in [-0.4, -0.2) is 26.5 Å². The summed E-state index contributed by atoms with van der Waals surface area (Å²) in [6, 6.07) is 0. The van der Waals surface area contributed by atoms with Crippen LogP contribution in [0.25, 0.3) is 0 Å². The van der Waals surface area contributed by atoms with Gasteiger partial charge in [0.15, 0.2) is 9.84 Å². The van der Waals surface area contributed by atoms with Crippen LogP contribution in [0.1, 0.15) is 58.3 Å². The molecule has 0 aromatic heterocycles. The van der Waals surface area contributed by atoms with Crippen LogP contribution in [0.5, 0.6) is 0 Å². The molecule has 19 heavy (non-hydrogen) atoms. The van der Waals surface area contributed by atoms with E-state index in [-0.39, 0.29) is 5.41 Å². The topological polar surface area (TPSA) is 60.2 Å². The lowest BCUT2D eigenvalue weighted by Gasteiger charge is -2.43. The predicted molar refractivity (Wildman–Crippen MR) is 79.7 cm³/mol. The quantitative estimate of drug-likeness (QED) is 0.846. The van der Waals surface area contributed by atoms with Gasteiger partial charge in [0, 0.05) is 0 Å². The average molecular weight is 287 g/mol. The van der Waals surface area contributed by atoms with Crippen molar-refractivity contribution in [1.29, 1.82) is 0 Å². The summed E-state index contributed by atoms with van der Waals surface area (Å²) in [4.78, 5) is 0. The molecular weight excluding hydrogens is 258 g/mol. The van der Waals surface area contributed by atoms with E-state index in [1.165, 1.54) is 32.1 Å². The first kappa shape index (κ1) is 15.3. The van der Waals surface area contributed by atoms with E-state index in [2.05, 4.69) is 6.92 Å². The molecule has 1 aliphatic carbocycles. The van der Waals surface area contributed by atoms with Gasteiger partial charge in [-0.1, -0.05) is 26.2 Å². The Morgan fingerprint density at radius 1 is 1.21 bits per heavy atom. The van der Waals surface area contributed by atoms with Gasteiger partial charge in [-0.2, -0.15) is 0 Å². The van der Waals surface area contributed by atoms with Crippen LogP contribution in [0.2, 0.25) is 0 Å². The molecule has 0 aromatic carbocycles. The van der Waals surface area contributed by atoms with Crippen molar-refractivity contribution in [3.8, 4) is 0 Å². The van der Waals surface area contributed by atoms with Crippen molar-refractivity contribution in [2.24, 2.45) is 23.0 Å². The summed E-state index contributed by atoms with van der Waals surface area (Å²) in [6.45, 7) is 2.92. The van der Waals surface area contributed by atoms with E-state index >= 15 is 0 Å². The molecule has 2 fully saturated rings. The first-order valence-electron chi connectivity index (χ1n) is 7.92. The number of sulfone groups is 1. The number of hydrogen-bond acceptors (Lipinski definition) is 3. The van der Waals surface area contributed by atoms with Gasteiger partial charge >= 0.3 is 0 Å². The van der Waals surface area contributed by atoms with Gasteiger partial charge in [-0.3, -0.25) is 0 Å². The Hall–Kier alpha value is -0.0900. The van der Waals surface area contributed by atoms with Crippen molar-refractivity contribution in [3.05, 3.63) is 0 Å². The molecule has 4 heteroatoms. The number of rotatable bonds is 5. The predicted octanol–water partition coefficient (Wildman–Crippen LogP) is 2.75. The summed E-state index contributed by atoms with van der Waals surface area (Å²) in [6.07, 6.45) is 9.62. The third kappa shape index (κ3) is 3.52. The van der Waals surface area contributed by atoms with Crippen molar-refractivity contribution in [2.75, 3.05) is 18.1 Å². The zero-order chi connectivity index (χ0) is 13.9. The number of nitrogens with two attached hydrogens (primary N) is 1. The molecule has 2 rings (SSSR count). The van der Waals surface area contributed by atoms with Gasteiger partial charge in [0.2, 0.25) is 0 Å². The van der Waals surface area contributed by atoms with E-state index in [1.807, 2.05) is 0 Å². The first-order valence-corrected chi connectivity index (χ1v) is 9.74. The molecule has 1 unspecified atom stereocenters. The first-order chi connectivity index (χ1) is 9.01. The van der Waals surface area contributed by atoms with Crippen molar-refractivity contribution >= 4 is 9.84 Å². The smallest absolute Gasteiger partial charge is 0.150 e. The highest BCUT2D eigenvalue weighted by Gasteiger charge is 2.45. The Kier molecular flexibility index (Phi) is 4.93. The molecule has 0 radical (unpaired) electrons. The summed E-state index contributed by atoms with van der Waals surface area (Å²) in [5.74, 6) is 1.97. The zero-order valence-corrected chi connectivity index (χ0v) is 13.1. The highest BCUT2D eigenvalue weighted by Crippen LogP contribution is 2.48. The van der Waals surface area contributed by atoms with Crippen LogP contribution >= 0.6 is 0 Å². The van der Waals surface area contributed by atoms with E-state index in [1.54, 1.807) is 0 Å². The minimum atomic E-state index is -2.78. The molecule has 112 valence electrons. The molecule has 1 saturated carbocycles. The lowest BCUT2D eigenvalue weighted by Crippen LogP contribution is -2.42. The molecule has 1 aliphatic heterocycles. The maximum Gasteiger partial charge on any atom is 0.150 e. The van der Waals surface area contributed by atoms with Crippen molar-refractivity contribution in [2.45, 2.75) is 58.3 Å². The monoisotopic (exact) mass is 287 g/mol. The van der Waals surface area contributed by atoms with E-state index in [9.17, 15) is 8.42 Å². The zero-order valence-electron chi connectivity index (χ0n) is 12.2.